The summed E-state index contributed by atoms with van der Waals surface area (Å²) in [6.45, 7) is 0.00679. The average molecular weight is 326 g/mol. The fraction of sp³-hybridized carbons (Fsp3) is 0.222. The predicted octanol–water partition coefficient (Wildman–Crippen LogP) is 2.07. The standard InChI is InChI=1S/C9H9ClINO2/c1-12-9(13)5-14-8-4-6(10)2-3-7(8)11/h2-4H,5H2,1H3,(H,12,13). The van der Waals surface area contributed by atoms with Crippen molar-refractivity contribution in [2.75, 3.05) is 13.7 Å². The van der Waals surface area contributed by atoms with E-state index in [9.17, 15) is 4.79 Å². The predicted molar refractivity (Wildman–Crippen MR) is 63.7 cm³/mol. The maximum Gasteiger partial charge on any atom is 0.257 e. The maximum atomic E-state index is 10.9. The number of benzene rings is 1. The first-order chi connectivity index (χ1) is 6.63. The molecule has 0 heterocycles. The highest BCUT2D eigenvalue weighted by Gasteiger charge is 2.04. The van der Waals surface area contributed by atoms with Gasteiger partial charge < -0.3 is 10.1 Å². The van der Waals surface area contributed by atoms with Crippen LogP contribution in [0.3, 0.4) is 0 Å². The molecule has 0 saturated heterocycles. The zero-order chi connectivity index (χ0) is 10.6. The summed E-state index contributed by atoms with van der Waals surface area (Å²) in [5.41, 5.74) is 0. The second-order valence-corrected chi connectivity index (χ2v) is 4.14. The Kier molecular flexibility index (Phi) is 4.47. The van der Waals surface area contributed by atoms with Gasteiger partial charge in [-0.2, -0.15) is 0 Å². The number of nitrogens with one attached hydrogen (secondary N) is 1. The minimum atomic E-state index is -0.166. The van der Waals surface area contributed by atoms with E-state index in [0.717, 1.165) is 3.57 Å². The van der Waals surface area contributed by atoms with Gasteiger partial charge >= 0.3 is 0 Å². The summed E-state index contributed by atoms with van der Waals surface area (Å²) >= 11 is 7.90. The van der Waals surface area contributed by atoms with Crippen LogP contribution in [0.15, 0.2) is 18.2 Å². The lowest BCUT2D eigenvalue weighted by Gasteiger charge is -2.07. The molecule has 0 spiro atoms. The summed E-state index contributed by atoms with van der Waals surface area (Å²) in [7, 11) is 1.56. The molecular weight excluding hydrogens is 316 g/mol. The van der Waals surface area contributed by atoms with Gasteiger partial charge in [0.25, 0.3) is 5.91 Å². The molecule has 0 fully saturated rings. The highest BCUT2D eigenvalue weighted by molar-refractivity contribution is 14.1. The fourth-order valence-electron chi connectivity index (χ4n) is 0.803. The lowest BCUT2D eigenvalue weighted by molar-refractivity contribution is -0.122. The molecule has 0 aromatic heterocycles. The third-order valence-corrected chi connectivity index (χ3v) is 2.66. The first-order valence-electron chi connectivity index (χ1n) is 3.92. The molecule has 14 heavy (non-hydrogen) atoms. The van der Waals surface area contributed by atoms with Crippen LogP contribution in [-0.2, 0) is 4.79 Å². The number of carbonyl (C=O) groups excluding carboxylic acids is 1. The van der Waals surface area contributed by atoms with Gasteiger partial charge in [0.2, 0.25) is 0 Å². The van der Waals surface area contributed by atoms with Crippen molar-refractivity contribution in [3.8, 4) is 5.75 Å². The SMILES string of the molecule is CNC(=O)COc1cc(Cl)ccc1I. The topological polar surface area (TPSA) is 38.3 Å². The van der Waals surface area contributed by atoms with E-state index < -0.39 is 0 Å². The van der Waals surface area contributed by atoms with E-state index in [0.29, 0.717) is 10.8 Å². The Morgan fingerprint density at radius 2 is 2.36 bits per heavy atom. The molecule has 0 saturated carbocycles. The van der Waals surface area contributed by atoms with Crippen molar-refractivity contribution in [3.63, 3.8) is 0 Å². The third kappa shape index (κ3) is 3.34. The number of rotatable bonds is 3. The monoisotopic (exact) mass is 325 g/mol. The number of hydrogen-bond acceptors (Lipinski definition) is 2. The van der Waals surface area contributed by atoms with E-state index in [4.69, 9.17) is 16.3 Å². The van der Waals surface area contributed by atoms with Crippen molar-refractivity contribution in [1.29, 1.82) is 0 Å². The van der Waals surface area contributed by atoms with Crippen molar-refractivity contribution < 1.29 is 9.53 Å². The van der Waals surface area contributed by atoms with Crippen LogP contribution in [0.5, 0.6) is 5.75 Å². The summed E-state index contributed by atoms with van der Waals surface area (Å²) < 4.78 is 6.19. The third-order valence-electron chi connectivity index (χ3n) is 1.53. The largest absolute Gasteiger partial charge is 0.483 e. The van der Waals surface area contributed by atoms with Crippen molar-refractivity contribution in [1.82, 2.24) is 5.32 Å². The second kappa shape index (κ2) is 5.41. The first kappa shape index (κ1) is 11.6. The van der Waals surface area contributed by atoms with E-state index in [1.54, 1.807) is 19.2 Å². The molecule has 1 aromatic carbocycles. The van der Waals surface area contributed by atoms with Crippen LogP contribution in [0, 0.1) is 3.57 Å². The molecule has 76 valence electrons. The lowest BCUT2D eigenvalue weighted by atomic mass is 10.3. The normalized spacial score (nSPS) is 9.64. The lowest BCUT2D eigenvalue weighted by Crippen LogP contribution is -2.25. The molecule has 0 unspecified atom stereocenters. The number of likely N-dealkylation sites (N-methyl/N-ethyl adjacent to an activating group) is 1. The Morgan fingerprint density at radius 1 is 1.64 bits per heavy atom. The van der Waals surface area contributed by atoms with Gasteiger partial charge in [-0.3, -0.25) is 4.79 Å². The Labute approximate surface area is 101 Å². The van der Waals surface area contributed by atoms with Gasteiger partial charge in [0.1, 0.15) is 5.75 Å². The molecule has 5 heteroatoms. The van der Waals surface area contributed by atoms with Crippen LogP contribution in [0.2, 0.25) is 5.02 Å². The molecule has 3 nitrogen and oxygen atoms in total. The molecule has 0 bridgehead atoms. The highest BCUT2D eigenvalue weighted by Crippen LogP contribution is 2.24. The van der Waals surface area contributed by atoms with E-state index in [2.05, 4.69) is 27.9 Å². The molecule has 0 aliphatic heterocycles. The van der Waals surface area contributed by atoms with Gasteiger partial charge in [0.15, 0.2) is 6.61 Å². The van der Waals surface area contributed by atoms with E-state index in [1.807, 2.05) is 6.07 Å². The molecule has 1 rings (SSSR count). The van der Waals surface area contributed by atoms with Crippen LogP contribution >= 0.6 is 34.2 Å². The maximum absolute atomic E-state index is 10.9. The summed E-state index contributed by atoms with van der Waals surface area (Å²) in [4.78, 5) is 10.9. The van der Waals surface area contributed by atoms with Gasteiger partial charge in [-0.1, -0.05) is 11.6 Å². The number of amides is 1. The average Bonchev–Trinajstić information content (AvgIpc) is 2.19. The minimum absolute atomic E-state index is 0.00679. The molecule has 1 amide bonds. The van der Waals surface area contributed by atoms with Crippen LogP contribution in [0.25, 0.3) is 0 Å². The van der Waals surface area contributed by atoms with E-state index >= 15 is 0 Å². The summed E-state index contributed by atoms with van der Waals surface area (Å²) in [5.74, 6) is 0.461. The van der Waals surface area contributed by atoms with Crippen molar-refractivity contribution in [2.24, 2.45) is 0 Å². The molecule has 0 atom stereocenters. The van der Waals surface area contributed by atoms with Gasteiger partial charge in [0.05, 0.1) is 3.57 Å². The van der Waals surface area contributed by atoms with Crippen molar-refractivity contribution in [3.05, 3.63) is 26.8 Å². The molecule has 0 aliphatic carbocycles. The first-order valence-corrected chi connectivity index (χ1v) is 5.37. The van der Waals surface area contributed by atoms with Crippen molar-refractivity contribution in [2.45, 2.75) is 0 Å². The Morgan fingerprint density at radius 3 is 3.00 bits per heavy atom. The van der Waals surface area contributed by atoms with Crippen molar-refractivity contribution >= 4 is 40.1 Å². The second-order valence-electron chi connectivity index (χ2n) is 2.54. The molecule has 0 aliphatic rings. The molecule has 1 aromatic rings. The van der Waals surface area contributed by atoms with Gasteiger partial charge in [0, 0.05) is 12.1 Å². The summed E-state index contributed by atoms with van der Waals surface area (Å²) in [6.07, 6.45) is 0. The van der Waals surface area contributed by atoms with Gasteiger partial charge in [-0.25, -0.2) is 0 Å². The zero-order valence-corrected chi connectivity index (χ0v) is 10.4. The van der Waals surface area contributed by atoms with Crippen LogP contribution in [0.1, 0.15) is 0 Å². The number of halogens is 2. The van der Waals surface area contributed by atoms with Crippen LogP contribution in [0.4, 0.5) is 0 Å². The van der Waals surface area contributed by atoms with Crippen LogP contribution in [-0.4, -0.2) is 19.6 Å². The Balaban J connectivity index is 2.66. The molecular formula is C9H9ClINO2. The van der Waals surface area contributed by atoms with Crippen LogP contribution < -0.4 is 10.1 Å². The minimum Gasteiger partial charge on any atom is -0.483 e. The van der Waals surface area contributed by atoms with E-state index in [1.165, 1.54) is 0 Å². The smallest absolute Gasteiger partial charge is 0.257 e. The number of hydrogen-bond donors (Lipinski definition) is 1. The van der Waals surface area contributed by atoms with Gasteiger partial charge in [-0.15, -0.1) is 0 Å². The molecule has 1 N–H and O–H groups in total. The fourth-order valence-corrected chi connectivity index (χ4v) is 1.46. The number of ether oxygens (including phenoxy) is 1. The summed E-state index contributed by atoms with van der Waals surface area (Å²) in [5, 5.41) is 3.06. The highest BCUT2D eigenvalue weighted by atomic mass is 127. The van der Waals surface area contributed by atoms with Gasteiger partial charge in [-0.05, 0) is 40.8 Å². The quantitative estimate of drug-likeness (QED) is 0.864. The molecule has 0 radical (unpaired) electrons. The Bertz CT molecular complexity index is 344. The Hall–Kier alpha value is -0.490. The summed E-state index contributed by atoms with van der Waals surface area (Å²) in [6, 6.07) is 5.30. The zero-order valence-electron chi connectivity index (χ0n) is 7.51. The van der Waals surface area contributed by atoms with E-state index in [-0.39, 0.29) is 12.5 Å². The number of carbonyl (C=O) groups is 1.